The van der Waals surface area contributed by atoms with E-state index in [2.05, 4.69) is 30.4 Å². The molecule has 2 heterocycles. The van der Waals surface area contributed by atoms with Crippen molar-refractivity contribution in [1.29, 1.82) is 5.41 Å². The van der Waals surface area contributed by atoms with E-state index in [0.29, 0.717) is 21.8 Å². The molecular formula is C17H14ClN7O2. The van der Waals surface area contributed by atoms with E-state index in [1.54, 1.807) is 36.4 Å². The molecule has 0 aliphatic carbocycles. The smallest absolute Gasteiger partial charge is 0.280 e. The van der Waals surface area contributed by atoms with E-state index in [-0.39, 0.29) is 35.5 Å². The van der Waals surface area contributed by atoms with Gasteiger partial charge >= 0.3 is 0 Å². The second-order valence-electron chi connectivity index (χ2n) is 5.46. The summed E-state index contributed by atoms with van der Waals surface area (Å²) in [7, 11) is 0. The predicted molar refractivity (Wildman–Crippen MR) is 104 cm³/mol. The second kappa shape index (κ2) is 7.26. The van der Waals surface area contributed by atoms with Crippen molar-refractivity contribution < 1.29 is 10.2 Å². The zero-order chi connectivity index (χ0) is 18.1. The lowest BCUT2D eigenvalue weighted by atomic mass is 10.2. The largest absolute Gasteiger partial charge is 0.493 e. The topological polar surface area (TPSA) is 145 Å². The van der Waals surface area contributed by atoms with E-state index < -0.39 is 5.96 Å². The van der Waals surface area contributed by atoms with Crippen molar-refractivity contribution in [3.05, 3.63) is 48.5 Å². The van der Waals surface area contributed by atoms with Crippen LogP contribution in [0.3, 0.4) is 0 Å². The third kappa shape index (κ3) is 3.35. The Labute approximate surface area is 158 Å². The standard InChI is InChI=1S/C17H13N7O2.ClH/c18-17(23-21-13-9-5-1-3-7-11(9)19-15(13)25)24-22-14-10-6-2-4-8-12(10)20-16(14)26;/h1-8,18-20,25-26H;1H. The maximum atomic E-state index is 9.91. The van der Waals surface area contributed by atoms with Crippen LogP contribution in [0.2, 0.25) is 0 Å². The van der Waals surface area contributed by atoms with E-state index in [4.69, 9.17) is 5.41 Å². The highest BCUT2D eigenvalue weighted by atomic mass is 35.5. The van der Waals surface area contributed by atoms with Crippen LogP contribution in [0.25, 0.3) is 21.8 Å². The van der Waals surface area contributed by atoms with Crippen LogP contribution < -0.4 is 0 Å². The van der Waals surface area contributed by atoms with Crippen LogP contribution in [0.15, 0.2) is 69.0 Å². The maximum Gasteiger partial charge on any atom is 0.280 e. The van der Waals surface area contributed by atoms with E-state index in [1.165, 1.54) is 0 Å². The number of hydrogen-bond acceptors (Lipinski definition) is 5. The fourth-order valence-corrected chi connectivity index (χ4v) is 2.64. The third-order valence-corrected chi connectivity index (χ3v) is 3.81. The Balaban J connectivity index is 0.00000210. The number of aromatic nitrogens is 2. The molecular weight excluding hydrogens is 370 g/mol. The van der Waals surface area contributed by atoms with Gasteiger partial charge in [0, 0.05) is 10.8 Å². The molecule has 9 nitrogen and oxygen atoms in total. The Kier molecular flexibility index (Phi) is 4.86. The van der Waals surface area contributed by atoms with Gasteiger partial charge in [-0.1, -0.05) is 36.4 Å². The lowest BCUT2D eigenvalue weighted by molar-refractivity contribution is 0.459. The van der Waals surface area contributed by atoms with Crippen molar-refractivity contribution in [2.45, 2.75) is 0 Å². The van der Waals surface area contributed by atoms with Gasteiger partial charge in [-0.25, -0.2) is 0 Å². The average Bonchev–Trinajstić information content (AvgIpc) is 3.13. The number of nitrogens with one attached hydrogen (secondary N) is 3. The molecule has 5 N–H and O–H groups in total. The molecule has 0 amide bonds. The highest BCUT2D eigenvalue weighted by Crippen LogP contribution is 2.36. The van der Waals surface area contributed by atoms with Crippen molar-refractivity contribution in [3.8, 4) is 11.8 Å². The molecule has 0 aliphatic heterocycles. The summed E-state index contributed by atoms with van der Waals surface area (Å²) in [6, 6.07) is 14.4. The highest BCUT2D eigenvalue weighted by Gasteiger charge is 2.11. The summed E-state index contributed by atoms with van der Waals surface area (Å²) in [5.74, 6) is -0.762. The first-order valence-electron chi connectivity index (χ1n) is 7.65. The minimum absolute atomic E-state index is 0. The minimum atomic E-state index is -0.473. The second-order valence-corrected chi connectivity index (χ2v) is 5.46. The SMILES string of the molecule is Cl.N=C(N=Nc1c(O)[nH]c2ccccc12)N=Nc1c(O)[nH]c2ccccc12. The van der Waals surface area contributed by atoms with Crippen LogP contribution in [0.1, 0.15) is 0 Å². The number of aromatic amines is 2. The quantitative estimate of drug-likeness (QED) is 0.182. The van der Waals surface area contributed by atoms with Gasteiger partial charge in [0.15, 0.2) is 11.4 Å². The first-order chi connectivity index (χ1) is 12.6. The molecule has 2 aromatic heterocycles. The molecule has 0 unspecified atom stereocenters. The zero-order valence-electron chi connectivity index (χ0n) is 13.7. The summed E-state index contributed by atoms with van der Waals surface area (Å²) in [5.41, 5.74) is 1.85. The number of hydrogen-bond donors (Lipinski definition) is 5. The van der Waals surface area contributed by atoms with Gasteiger partial charge in [-0.2, -0.15) is 0 Å². The highest BCUT2D eigenvalue weighted by molar-refractivity contribution is 5.95. The number of fused-ring (bicyclic) bond motifs is 2. The number of rotatable bonds is 2. The molecule has 0 saturated carbocycles. The van der Waals surface area contributed by atoms with Crippen molar-refractivity contribution in [2.24, 2.45) is 20.5 Å². The molecule has 0 fully saturated rings. The van der Waals surface area contributed by atoms with Gasteiger partial charge in [0.25, 0.3) is 5.96 Å². The fourth-order valence-electron chi connectivity index (χ4n) is 2.64. The molecule has 0 bridgehead atoms. The molecule has 136 valence electrons. The van der Waals surface area contributed by atoms with E-state index in [0.717, 1.165) is 0 Å². The van der Waals surface area contributed by atoms with Crippen LogP contribution in [-0.4, -0.2) is 26.1 Å². The first-order valence-corrected chi connectivity index (χ1v) is 7.65. The van der Waals surface area contributed by atoms with E-state index >= 15 is 0 Å². The number of nitrogens with zero attached hydrogens (tertiary/aromatic N) is 4. The predicted octanol–water partition coefficient (Wildman–Crippen LogP) is 5.28. The molecule has 4 aromatic rings. The zero-order valence-corrected chi connectivity index (χ0v) is 14.5. The van der Waals surface area contributed by atoms with Crippen LogP contribution in [-0.2, 0) is 0 Å². The number of aromatic hydroxyl groups is 2. The fraction of sp³-hybridized carbons (Fsp3) is 0. The maximum absolute atomic E-state index is 9.91. The Morgan fingerprint density at radius 3 is 1.59 bits per heavy atom. The summed E-state index contributed by atoms with van der Waals surface area (Å²) in [5, 5.41) is 44.0. The van der Waals surface area contributed by atoms with E-state index in [9.17, 15) is 10.2 Å². The normalized spacial score (nSPS) is 11.6. The van der Waals surface area contributed by atoms with Gasteiger partial charge in [-0.3, -0.25) is 5.41 Å². The molecule has 0 aliphatic rings. The van der Waals surface area contributed by atoms with Crippen molar-refractivity contribution in [1.82, 2.24) is 9.97 Å². The Morgan fingerprint density at radius 2 is 1.15 bits per heavy atom. The van der Waals surface area contributed by atoms with Crippen LogP contribution in [0, 0.1) is 5.41 Å². The van der Waals surface area contributed by atoms with Gasteiger partial charge in [0.1, 0.15) is 0 Å². The Hall–Kier alpha value is -3.72. The van der Waals surface area contributed by atoms with Gasteiger partial charge in [-0.05, 0) is 12.1 Å². The van der Waals surface area contributed by atoms with Crippen LogP contribution >= 0.6 is 12.4 Å². The number of benzene rings is 2. The Morgan fingerprint density at radius 1 is 0.741 bits per heavy atom. The first kappa shape index (κ1) is 18.1. The average molecular weight is 384 g/mol. The van der Waals surface area contributed by atoms with Crippen LogP contribution in [0.5, 0.6) is 11.8 Å². The van der Waals surface area contributed by atoms with Crippen molar-refractivity contribution in [3.63, 3.8) is 0 Å². The van der Waals surface area contributed by atoms with Gasteiger partial charge in [-0.15, -0.1) is 32.9 Å². The van der Waals surface area contributed by atoms with Gasteiger partial charge in [0.2, 0.25) is 11.8 Å². The van der Waals surface area contributed by atoms with Crippen molar-refractivity contribution >= 4 is 51.5 Å². The summed E-state index contributed by atoms with van der Waals surface area (Å²) >= 11 is 0. The number of azo groups is 2. The molecule has 0 saturated heterocycles. The number of halogens is 1. The van der Waals surface area contributed by atoms with Crippen LogP contribution in [0.4, 0.5) is 11.4 Å². The monoisotopic (exact) mass is 383 g/mol. The summed E-state index contributed by atoms with van der Waals surface area (Å²) in [6.07, 6.45) is 0. The third-order valence-electron chi connectivity index (χ3n) is 3.81. The molecule has 2 aromatic carbocycles. The number of guanidine groups is 1. The molecule has 0 spiro atoms. The van der Waals surface area contributed by atoms with Gasteiger partial charge < -0.3 is 20.2 Å². The summed E-state index contributed by atoms with van der Waals surface area (Å²) < 4.78 is 0. The molecule has 4 rings (SSSR count). The minimum Gasteiger partial charge on any atom is -0.493 e. The van der Waals surface area contributed by atoms with E-state index in [1.807, 2.05) is 12.1 Å². The van der Waals surface area contributed by atoms with Crippen molar-refractivity contribution in [2.75, 3.05) is 0 Å². The number of H-pyrrole nitrogens is 2. The summed E-state index contributed by atoms with van der Waals surface area (Å²) in [4.78, 5) is 5.55. The molecule has 10 heteroatoms. The Bertz CT molecular complexity index is 1100. The van der Waals surface area contributed by atoms with Gasteiger partial charge in [0.05, 0.1) is 11.0 Å². The molecule has 27 heavy (non-hydrogen) atoms. The lowest BCUT2D eigenvalue weighted by Gasteiger charge is -1.92. The lowest BCUT2D eigenvalue weighted by Crippen LogP contribution is -1.81. The molecule has 0 radical (unpaired) electrons. The number of para-hydroxylation sites is 2. The molecule has 0 atom stereocenters. The summed E-state index contributed by atoms with van der Waals surface area (Å²) in [6.45, 7) is 0.